The molecular weight excluding hydrogens is 150 g/mol. The lowest BCUT2D eigenvalue weighted by Crippen LogP contribution is -2.03. The van der Waals surface area contributed by atoms with Crippen LogP contribution in [0.4, 0.5) is 0 Å². The minimum Gasteiger partial charge on any atom is -0.303 e. The molecule has 4 nitrogen and oxygen atoms in total. The minimum atomic E-state index is -0.174. The zero-order chi connectivity index (χ0) is 6.97. The fourth-order valence-electron chi connectivity index (χ4n) is 0.663. The molecule has 0 saturated heterocycles. The summed E-state index contributed by atoms with van der Waals surface area (Å²) in [6.45, 7) is 0. The molecule has 0 spiro atoms. The molecular formula is C5H2N3OS. The molecule has 2 heterocycles. The molecule has 0 aliphatic carbocycles. The third kappa shape index (κ3) is 0.640. The van der Waals surface area contributed by atoms with Gasteiger partial charge in [0.25, 0.3) is 5.56 Å². The number of rotatable bonds is 0. The highest BCUT2D eigenvalue weighted by Gasteiger charge is 1.99. The van der Waals surface area contributed by atoms with Gasteiger partial charge in [-0.05, 0) is 0 Å². The van der Waals surface area contributed by atoms with Crippen molar-refractivity contribution < 1.29 is 0 Å². The molecule has 5 heteroatoms. The average Bonchev–Trinajstić information content (AvgIpc) is 2.36. The molecule has 10 heavy (non-hydrogen) atoms. The predicted molar refractivity (Wildman–Crippen MR) is 36.9 cm³/mol. The van der Waals surface area contributed by atoms with Crippen molar-refractivity contribution in [3.05, 3.63) is 22.2 Å². The average molecular weight is 152 g/mol. The van der Waals surface area contributed by atoms with E-state index in [1.54, 1.807) is 5.51 Å². The van der Waals surface area contributed by atoms with E-state index in [0.29, 0.717) is 10.3 Å². The van der Waals surface area contributed by atoms with E-state index in [9.17, 15) is 4.79 Å². The fourth-order valence-corrected chi connectivity index (χ4v) is 1.28. The van der Waals surface area contributed by atoms with Gasteiger partial charge in [0.1, 0.15) is 4.70 Å². The first kappa shape index (κ1) is 5.55. The second-order valence-corrected chi connectivity index (χ2v) is 2.54. The smallest absolute Gasteiger partial charge is 0.270 e. The van der Waals surface area contributed by atoms with Gasteiger partial charge in [-0.2, -0.15) is 0 Å². The van der Waals surface area contributed by atoms with E-state index < -0.39 is 0 Å². The Morgan fingerprint density at radius 3 is 3.40 bits per heavy atom. The lowest BCUT2D eigenvalue weighted by Gasteiger charge is -1.79. The molecule has 0 aliphatic rings. The van der Waals surface area contributed by atoms with Crippen molar-refractivity contribution in [2.24, 2.45) is 0 Å². The summed E-state index contributed by atoms with van der Waals surface area (Å²) in [5, 5.41) is 0. The maximum atomic E-state index is 10.9. The molecule has 1 N–H and O–H groups in total. The molecule has 1 radical (unpaired) electrons. The molecule has 0 aliphatic heterocycles. The fraction of sp³-hybridized carbons (Fsp3) is 0. The predicted octanol–water partition coefficient (Wildman–Crippen LogP) is 0.180. The second kappa shape index (κ2) is 1.88. The van der Waals surface area contributed by atoms with Crippen LogP contribution in [-0.4, -0.2) is 15.0 Å². The number of nitrogens with one attached hydrogen (secondary N) is 1. The summed E-state index contributed by atoms with van der Waals surface area (Å²) in [7, 11) is 0. The van der Waals surface area contributed by atoms with Gasteiger partial charge in [0.05, 0.1) is 5.51 Å². The van der Waals surface area contributed by atoms with Crippen LogP contribution in [0.5, 0.6) is 0 Å². The van der Waals surface area contributed by atoms with Crippen molar-refractivity contribution in [1.29, 1.82) is 0 Å². The first-order valence-corrected chi connectivity index (χ1v) is 3.45. The Balaban J connectivity index is 3.09. The van der Waals surface area contributed by atoms with Gasteiger partial charge in [0, 0.05) is 0 Å². The summed E-state index contributed by atoms with van der Waals surface area (Å²) in [5.41, 5.74) is 1.88. The van der Waals surface area contributed by atoms with E-state index in [1.165, 1.54) is 11.3 Å². The quantitative estimate of drug-likeness (QED) is 0.585. The van der Waals surface area contributed by atoms with Crippen molar-refractivity contribution in [3.8, 4) is 0 Å². The number of thiazole rings is 1. The molecule has 0 aromatic carbocycles. The van der Waals surface area contributed by atoms with Gasteiger partial charge < -0.3 is 4.98 Å². The molecule has 2 rings (SSSR count). The summed E-state index contributed by atoms with van der Waals surface area (Å²) in [4.78, 5) is 20.8. The summed E-state index contributed by atoms with van der Waals surface area (Å²) in [6.07, 6.45) is 2.35. The number of aromatic nitrogens is 3. The third-order valence-electron chi connectivity index (χ3n) is 1.09. The van der Waals surface area contributed by atoms with Crippen LogP contribution < -0.4 is 5.56 Å². The summed E-state index contributed by atoms with van der Waals surface area (Å²) >= 11 is 1.28. The van der Waals surface area contributed by atoms with Crippen LogP contribution >= 0.6 is 11.3 Å². The summed E-state index contributed by atoms with van der Waals surface area (Å²) in [5.74, 6) is 0. The number of hydrogen-bond donors (Lipinski definition) is 1. The number of aromatic amines is 1. The zero-order valence-electron chi connectivity index (χ0n) is 4.79. The van der Waals surface area contributed by atoms with Gasteiger partial charge in [-0.15, -0.1) is 11.3 Å². The van der Waals surface area contributed by atoms with Crippen LogP contribution in [0.2, 0.25) is 0 Å². The minimum absolute atomic E-state index is 0.174. The van der Waals surface area contributed by atoms with Gasteiger partial charge in [-0.25, -0.2) is 9.97 Å². The second-order valence-electron chi connectivity index (χ2n) is 1.68. The van der Waals surface area contributed by atoms with Crippen LogP contribution in [0, 0.1) is 6.33 Å². The Labute approximate surface area is 59.6 Å². The van der Waals surface area contributed by atoms with E-state index in [2.05, 4.69) is 21.3 Å². The molecule has 2 aromatic heterocycles. The Kier molecular flexibility index (Phi) is 1.04. The molecule has 0 atom stereocenters. The number of H-pyrrole nitrogens is 1. The molecule has 49 valence electrons. The Morgan fingerprint density at radius 2 is 2.60 bits per heavy atom. The molecule has 0 saturated carbocycles. The molecule has 0 fully saturated rings. The normalized spacial score (nSPS) is 10.4. The number of nitrogens with zero attached hydrogens (tertiary/aromatic N) is 2. The van der Waals surface area contributed by atoms with E-state index in [1.807, 2.05) is 0 Å². The monoisotopic (exact) mass is 152 g/mol. The van der Waals surface area contributed by atoms with Gasteiger partial charge in [0.15, 0.2) is 12.0 Å². The van der Waals surface area contributed by atoms with E-state index in [-0.39, 0.29) is 5.56 Å². The van der Waals surface area contributed by atoms with Crippen LogP contribution in [0.3, 0.4) is 0 Å². The van der Waals surface area contributed by atoms with Crippen molar-refractivity contribution in [2.45, 2.75) is 0 Å². The summed E-state index contributed by atoms with van der Waals surface area (Å²) < 4.78 is 0.554. The highest BCUT2D eigenvalue weighted by Crippen LogP contribution is 2.07. The Hall–Kier alpha value is -1.23. The standard InChI is InChI=1S/C5H2N3OS/c9-5-3-4(6-1-7-5)8-2-10-3/h2H,(H,6,7,9). The van der Waals surface area contributed by atoms with Crippen molar-refractivity contribution in [3.63, 3.8) is 0 Å². The van der Waals surface area contributed by atoms with Gasteiger partial charge in [0.2, 0.25) is 0 Å². The van der Waals surface area contributed by atoms with E-state index >= 15 is 0 Å². The maximum Gasteiger partial charge on any atom is 0.270 e. The van der Waals surface area contributed by atoms with E-state index in [4.69, 9.17) is 0 Å². The SMILES string of the molecule is O=c1[nH][c]nc2ncsc12. The Bertz CT molecular complexity index is 404. The molecule has 0 amide bonds. The first-order valence-electron chi connectivity index (χ1n) is 2.57. The van der Waals surface area contributed by atoms with Crippen molar-refractivity contribution in [2.75, 3.05) is 0 Å². The largest absolute Gasteiger partial charge is 0.303 e. The van der Waals surface area contributed by atoms with Gasteiger partial charge in [-0.1, -0.05) is 0 Å². The van der Waals surface area contributed by atoms with Crippen LogP contribution in [0.25, 0.3) is 10.3 Å². The highest BCUT2D eigenvalue weighted by molar-refractivity contribution is 7.16. The molecule has 0 bridgehead atoms. The highest BCUT2D eigenvalue weighted by atomic mass is 32.1. The lowest BCUT2D eigenvalue weighted by atomic mass is 10.6. The number of fused-ring (bicyclic) bond motifs is 1. The lowest BCUT2D eigenvalue weighted by molar-refractivity contribution is 1.14. The first-order chi connectivity index (χ1) is 4.88. The molecule has 0 unspecified atom stereocenters. The zero-order valence-corrected chi connectivity index (χ0v) is 5.60. The topological polar surface area (TPSA) is 58.6 Å². The van der Waals surface area contributed by atoms with Gasteiger partial charge in [-0.3, -0.25) is 4.79 Å². The van der Waals surface area contributed by atoms with Crippen LogP contribution in [0.15, 0.2) is 10.3 Å². The van der Waals surface area contributed by atoms with Crippen LogP contribution in [-0.2, 0) is 0 Å². The van der Waals surface area contributed by atoms with Gasteiger partial charge >= 0.3 is 0 Å². The van der Waals surface area contributed by atoms with Crippen molar-refractivity contribution >= 4 is 21.7 Å². The number of hydrogen-bond acceptors (Lipinski definition) is 4. The summed E-state index contributed by atoms with van der Waals surface area (Å²) in [6, 6.07) is 0. The van der Waals surface area contributed by atoms with E-state index in [0.717, 1.165) is 0 Å². The maximum absolute atomic E-state index is 10.9. The van der Waals surface area contributed by atoms with Crippen molar-refractivity contribution in [1.82, 2.24) is 15.0 Å². The Morgan fingerprint density at radius 1 is 1.70 bits per heavy atom. The molecule has 2 aromatic rings. The third-order valence-corrected chi connectivity index (χ3v) is 1.90. The van der Waals surface area contributed by atoms with Crippen LogP contribution in [0.1, 0.15) is 0 Å².